The fourth-order valence-corrected chi connectivity index (χ4v) is 1.57. The van der Waals surface area contributed by atoms with Crippen LogP contribution in [0.3, 0.4) is 0 Å². The molecule has 0 aliphatic carbocycles. The van der Waals surface area contributed by atoms with Crippen molar-refractivity contribution < 1.29 is 34.3 Å². The molecular weight excluding hydrogens is 208 g/mol. The summed E-state index contributed by atoms with van der Waals surface area (Å²) in [5.74, 6) is -1.36. The SMILES string of the molecule is CO[C@@H]1[C@@H](OC)[C@H](O)[C@H](C(=O)O)O[C@H]1O. The van der Waals surface area contributed by atoms with Crippen molar-refractivity contribution in [2.24, 2.45) is 0 Å². The molecule has 1 aliphatic heterocycles. The maximum atomic E-state index is 10.7. The van der Waals surface area contributed by atoms with Gasteiger partial charge >= 0.3 is 5.97 Å². The van der Waals surface area contributed by atoms with E-state index in [2.05, 4.69) is 0 Å². The van der Waals surface area contributed by atoms with Crippen LogP contribution in [0, 0.1) is 0 Å². The van der Waals surface area contributed by atoms with Crippen LogP contribution in [-0.2, 0) is 19.0 Å². The Morgan fingerprint density at radius 2 is 1.73 bits per heavy atom. The molecule has 1 rings (SSSR count). The predicted octanol–water partition coefficient (Wildman–Crippen LogP) is -1.82. The minimum atomic E-state index is -1.52. The van der Waals surface area contributed by atoms with Gasteiger partial charge in [-0.3, -0.25) is 0 Å². The van der Waals surface area contributed by atoms with Crippen molar-refractivity contribution in [2.45, 2.75) is 30.7 Å². The van der Waals surface area contributed by atoms with Crippen molar-refractivity contribution >= 4 is 5.97 Å². The molecule has 3 N–H and O–H groups in total. The lowest BCUT2D eigenvalue weighted by atomic mass is 9.98. The van der Waals surface area contributed by atoms with Gasteiger partial charge in [0.15, 0.2) is 12.4 Å². The van der Waals surface area contributed by atoms with Gasteiger partial charge in [-0.05, 0) is 0 Å². The molecule has 0 amide bonds. The Labute approximate surface area is 86.2 Å². The van der Waals surface area contributed by atoms with Gasteiger partial charge in [0.25, 0.3) is 0 Å². The maximum Gasteiger partial charge on any atom is 0.335 e. The van der Waals surface area contributed by atoms with E-state index in [1.165, 1.54) is 14.2 Å². The summed E-state index contributed by atoms with van der Waals surface area (Å²) < 4.78 is 14.4. The molecule has 1 fully saturated rings. The minimum absolute atomic E-state index is 0.916. The normalized spacial score (nSPS) is 41.5. The number of aliphatic carboxylic acids is 1. The first kappa shape index (κ1) is 12.3. The van der Waals surface area contributed by atoms with Crippen LogP contribution < -0.4 is 0 Å². The molecule has 7 nitrogen and oxygen atoms in total. The van der Waals surface area contributed by atoms with Gasteiger partial charge in [-0.15, -0.1) is 0 Å². The number of hydrogen-bond acceptors (Lipinski definition) is 6. The number of ether oxygens (including phenoxy) is 3. The summed E-state index contributed by atoms with van der Waals surface area (Å²) in [6.07, 6.45) is -6.21. The van der Waals surface area contributed by atoms with Crippen molar-refractivity contribution in [2.75, 3.05) is 14.2 Å². The molecule has 1 heterocycles. The highest BCUT2D eigenvalue weighted by atomic mass is 16.7. The second kappa shape index (κ2) is 4.86. The van der Waals surface area contributed by atoms with Crippen molar-refractivity contribution in [3.05, 3.63) is 0 Å². The zero-order valence-electron chi connectivity index (χ0n) is 8.36. The van der Waals surface area contributed by atoms with Gasteiger partial charge in [0.1, 0.15) is 18.3 Å². The van der Waals surface area contributed by atoms with E-state index in [0.717, 1.165) is 0 Å². The highest BCUT2D eigenvalue weighted by molar-refractivity contribution is 5.73. The smallest absolute Gasteiger partial charge is 0.335 e. The number of carboxylic acid groups (broad SMARTS) is 1. The monoisotopic (exact) mass is 222 g/mol. The Hall–Kier alpha value is -0.730. The summed E-state index contributed by atoms with van der Waals surface area (Å²) in [6, 6.07) is 0. The highest BCUT2D eigenvalue weighted by Gasteiger charge is 2.48. The van der Waals surface area contributed by atoms with E-state index in [0.29, 0.717) is 0 Å². The lowest BCUT2D eigenvalue weighted by Crippen LogP contribution is -2.60. The number of carboxylic acids is 1. The van der Waals surface area contributed by atoms with E-state index in [-0.39, 0.29) is 0 Å². The number of methoxy groups -OCH3 is 2. The molecular formula is C8H14O7. The molecule has 0 spiro atoms. The molecule has 1 aliphatic rings. The third-order valence-corrected chi connectivity index (χ3v) is 2.33. The van der Waals surface area contributed by atoms with E-state index >= 15 is 0 Å². The van der Waals surface area contributed by atoms with Gasteiger partial charge < -0.3 is 29.5 Å². The van der Waals surface area contributed by atoms with E-state index in [9.17, 15) is 15.0 Å². The Morgan fingerprint density at radius 3 is 2.13 bits per heavy atom. The molecule has 0 radical (unpaired) electrons. The fourth-order valence-electron chi connectivity index (χ4n) is 1.57. The Kier molecular flexibility index (Phi) is 4.00. The van der Waals surface area contributed by atoms with Crippen LogP contribution in [0.4, 0.5) is 0 Å². The summed E-state index contributed by atoms with van der Waals surface area (Å²) in [5, 5.41) is 27.7. The molecule has 0 unspecified atom stereocenters. The van der Waals surface area contributed by atoms with E-state index < -0.39 is 36.7 Å². The Balaban J connectivity index is 2.84. The second-order valence-electron chi connectivity index (χ2n) is 3.18. The molecule has 1 saturated heterocycles. The molecule has 0 saturated carbocycles. The summed E-state index contributed by atoms with van der Waals surface area (Å²) in [6.45, 7) is 0. The molecule has 7 heteroatoms. The third kappa shape index (κ3) is 2.27. The summed E-state index contributed by atoms with van der Waals surface area (Å²) in [7, 11) is 2.59. The maximum absolute atomic E-state index is 10.7. The van der Waals surface area contributed by atoms with Crippen molar-refractivity contribution in [1.82, 2.24) is 0 Å². The molecule has 0 aromatic carbocycles. The van der Waals surface area contributed by atoms with Crippen molar-refractivity contribution in [3.8, 4) is 0 Å². The van der Waals surface area contributed by atoms with Gasteiger partial charge in [0.05, 0.1) is 0 Å². The number of rotatable bonds is 3. The molecule has 0 aromatic heterocycles. The first-order valence-electron chi connectivity index (χ1n) is 4.33. The summed E-state index contributed by atoms with van der Waals surface area (Å²) in [4.78, 5) is 10.7. The van der Waals surface area contributed by atoms with Crippen LogP contribution >= 0.6 is 0 Å². The van der Waals surface area contributed by atoms with Gasteiger partial charge in [-0.2, -0.15) is 0 Å². The van der Waals surface area contributed by atoms with Crippen LogP contribution in [0.25, 0.3) is 0 Å². The average molecular weight is 222 g/mol. The largest absolute Gasteiger partial charge is 0.479 e. The zero-order chi connectivity index (χ0) is 11.6. The average Bonchev–Trinajstić information content (AvgIpc) is 2.19. The Morgan fingerprint density at radius 1 is 1.20 bits per heavy atom. The van der Waals surface area contributed by atoms with E-state index in [4.69, 9.17) is 19.3 Å². The lowest BCUT2D eigenvalue weighted by molar-refractivity contribution is -0.288. The van der Waals surface area contributed by atoms with Crippen molar-refractivity contribution in [1.29, 1.82) is 0 Å². The fraction of sp³-hybridized carbons (Fsp3) is 0.875. The Bertz CT molecular complexity index is 231. The molecule has 88 valence electrons. The molecule has 15 heavy (non-hydrogen) atoms. The third-order valence-electron chi connectivity index (χ3n) is 2.33. The van der Waals surface area contributed by atoms with Crippen LogP contribution in [0.1, 0.15) is 0 Å². The topological polar surface area (TPSA) is 105 Å². The molecule has 5 atom stereocenters. The van der Waals surface area contributed by atoms with Crippen LogP contribution in [0.15, 0.2) is 0 Å². The summed E-state index contributed by atoms with van der Waals surface area (Å²) in [5.41, 5.74) is 0. The molecule has 0 bridgehead atoms. The van der Waals surface area contributed by atoms with Crippen LogP contribution in [0.5, 0.6) is 0 Å². The van der Waals surface area contributed by atoms with Gasteiger partial charge in [0.2, 0.25) is 0 Å². The quantitative estimate of drug-likeness (QED) is 0.516. The van der Waals surface area contributed by atoms with Crippen molar-refractivity contribution in [3.63, 3.8) is 0 Å². The predicted molar refractivity (Wildman–Crippen MR) is 46.1 cm³/mol. The lowest BCUT2D eigenvalue weighted by Gasteiger charge is -2.39. The minimum Gasteiger partial charge on any atom is -0.479 e. The van der Waals surface area contributed by atoms with Crippen LogP contribution in [-0.4, -0.2) is 66.2 Å². The van der Waals surface area contributed by atoms with Crippen LogP contribution in [0.2, 0.25) is 0 Å². The van der Waals surface area contributed by atoms with Gasteiger partial charge in [-0.1, -0.05) is 0 Å². The number of hydrogen-bond donors (Lipinski definition) is 3. The standard InChI is InChI=1S/C8H14O7/c1-13-4-3(9)5(7(10)11)15-8(12)6(4)14-2/h3-6,8-9,12H,1-2H3,(H,10,11)/t3-,4-,5+,6+,8+/m0/s1. The highest BCUT2D eigenvalue weighted by Crippen LogP contribution is 2.23. The molecule has 0 aromatic rings. The summed E-state index contributed by atoms with van der Waals surface area (Å²) >= 11 is 0. The van der Waals surface area contributed by atoms with Gasteiger partial charge in [-0.25, -0.2) is 4.79 Å². The number of carbonyl (C=O) groups is 1. The number of aliphatic hydroxyl groups excluding tert-OH is 2. The first-order valence-corrected chi connectivity index (χ1v) is 4.33. The number of aliphatic hydroxyl groups is 2. The van der Waals surface area contributed by atoms with E-state index in [1.54, 1.807) is 0 Å². The van der Waals surface area contributed by atoms with E-state index in [1.807, 2.05) is 0 Å². The zero-order valence-corrected chi connectivity index (χ0v) is 8.36. The van der Waals surface area contributed by atoms with Gasteiger partial charge in [0, 0.05) is 14.2 Å². The first-order chi connectivity index (χ1) is 7.02. The second-order valence-corrected chi connectivity index (χ2v) is 3.18.